The van der Waals surface area contributed by atoms with E-state index in [1.54, 1.807) is 0 Å². The summed E-state index contributed by atoms with van der Waals surface area (Å²) in [5.74, 6) is 2.25. The van der Waals surface area contributed by atoms with E-state index in [0.717, 1.165) is 30.7 Å². The van der Waals surface area contributed by atoms with Gasteiger partial charge < -0.3 is 9.64 Å². The molecule has 82 valence electrons. The minimum Gasteiger partial charge on any atom is -0.463 e. The van der Waals surface area contributed by atoms with Crippen LogP contribution in [0.3, 0.4) is 0 Å². The van der Waals surface area contributed by atoms with Crippen molar-refractivity contribution in [1.82, 2.24) is 4.90 Å². The van der Waals surface area contributed by atoms with Crippen LogP contribution in [-0.4, -0.2) is 42.6 Å². The number of ether oxygens (including phenoxy) is 1. The van der Waals surface area contributed by atoms with E-state index in [2.05, 4.69) is 23.5 Å². The average Bonchev–Trinajstić information content (AvgIpc) is 2.53. The van der Waals surface area contributed by atoms with Crippen LogP contribution in [0.25, 0.3) is 0 Å². The van der Waals surface area contributed by atoms with Gasteiger partial charge in [-0.15, -0.1) is 22.8 Å². The Labute approximate surface area is 95.4 Å². The smallest absolute Gasteiger partial charge is 0.292 e. The zero-order valence-corrected chi connectivity index (χ0v) is 11.4. The van der Waals surface area contributed by atoms with Crippen LogP contribution in [-0.2, 0) is 4.74 Å². The van der Waals surface area contributed by atoms with Crippen molar-refractivity contribution in [2.45, 2.75) is 13.8 Å². The van der Waals surface area contributed by atoms with Crippen LogP contribution in [0, 0.1) is 0 Å². The van der Waals surface area contributed by atoms with Crippen LogP contribution in [0.4, 0.5) is 0 Å². The molecule has 0 amide bonds. The highest BCUT2D eigenvalue weighted by Crippen LogP contribution is 2.62. The van der Waals surface area contributed by atoms with Crippen LogP contribution < -0.4 is 0 Å². The summed E-state index contributed by atoms with van der Waals surface area (Å²) in [6.07, 6.45) is 0. The van der Waals surface area contributed by atoms with E-state index >= 15 is 0 Å². The maximum absolute atomic E-state index is 5.45. The third-order valence-electron chi connectivity index (χ3n) is 1.63. The highest BCUT2D eigenvalue weighted by atomic mass is 33.1. The van der Waals surface area contributed by atoms with Gasteiger partial charge in [0.15, 0.2) is 0 Å². The largest absolute Gasteiger partial charge is 0.463 e. The first-order chi connectivity index (χ1) is 6.77. The van der Waals surface area contributed by atoms with Crippen molar-refractivity contribution >= 4 is 35.3 Å². The fraction of sp³-hybridized carbons (Fsp3) is 0.875. The van der Waals surface area contributed by atoms with E-state index in [0.29, 0.717) is 0 Å². The molecule has 0 unspecified atom stereocenters. The van der Waals surface area contributed by atoms with E-state index in [9.17, 15) is 0 Å². The van der Waals surface area contributed by atoms with Crippen LogP contribution in [0.5, 0.6) is 0 Å². The lowest BCUT2D eigenvalue weighted by molar-refractivity contribution is 0.353. The molecule has 1 heterocycles. The second kappa shape index (κ2) is 6.81. The minimum atomic E-state index is -0.344. The van der Waals surface area contributed by atoms with Gasteiger partial charge in [-0.3, -0.25) is 0 Å². The van der Waals surface area contributed by atoms with Gasteiger partial charge in [0.25, 0.3) is 6.02 Å². The number of hydrogen-bond donors (Lipinski definition) is 0. The van der Waals surface area contributed by atoms with Crippen molar-refractivity contribution < 1.29 is 4.74 Å². The summed E-state index contributed by atoms with van der Waals surface area (Å²) in [5, 5.41) is 0. The van der Waals surface area contributed by atoms with E-state index < -0.39 is 0 Å². The number of nitrogens with zero attached hydrogens (tertiary/aromatic N) is 2. The molecule has 1 aliphatic rings. The monoisotopic (exact) mass is 252 g/mol. The fourth-order valence-electron chi connectivity index (χ4n) is 0.971. The van der Waals surface area contributed by atoms with Gasteiger partial charge in [0.05, 0.1) is 6.54 Å². The van der Waals surface area contributed by atoms with Crippen molar-refractivity contribution in [2.75, 3.05) is 31.7 Å². The molecule has 14 heavy (non-hydrogen) atoms. The SMILES string of the molecule is CCSP(N=C1OCCN1C)SCC. The van der Waals surface area contributed by atoms with E-state index in [1.165, 1.54) is 0 Å². The minimum absolute atomic E-state index is 0.344. The lowest BCUT2D eigenvalue weighted by atomic mass is 10.7. The molecule has 1 aliphatic heterocycles. The molecule has 6 heteroatoms. The first kappa shape index (κ1) is 12.5. The Morgan fingerprint density at radius 2 is 2.07 bits per heavy atom. The Hall–Kier alpha value is 0.400. The van der Waals surface area contributed by atoms with Crippen molar-refractivity contribution in [3.8, 4) is 0 Å². The van der Waals surface area contributed by atoms with Crippen molar-refractivity contribution in [3.63, 3.8) is 0 Å². The zero-order chi connectivity index (χ0) is 10.4. The molecule has 1 rings (SSSR count). The van der Waals surface area contributed by atoms with Crippen LogP contribution >= 0.6 is 29.2 Å². The molecule has 0 radical (unpaired) electrons. The third-order valence-corrected chi connectivity index (χ3v) is 8.18. The number of rotatable bonds is 5. The van der Waals surface area contributed by atoms with Gasteiger partial charge in [0, 0.05) is 7.05 Å². The second-order valence-electron chi connectivity index (χ2n) is 2.73. The Morgan fingerprint density at radius 3 is 2.50 bits per heavy atom. The van der Waals surface area contributed by atoms with Gasteiger partial charge in [-0.1, -0.05) is 13.8 Å². The summed E-state index contributed by atoms with van der Waals surface area (Å²) >= 11 is 3.85. The van der Waals surface area contributed by atoms with Gasteiger partial charge in [-0.25, -0.2) is 0 Å². The van der Waals surface area contributed by atoms with Crippen LogP contribution in [0.2, 0.25) is 0 Å². The first-order valence-electron chi connectivity index (χ1n) is 4.76. The highest BCUT2D eigenvalue weighted by Gasteiger charge is 2.18. The summed E-state index contributed by atoms with van der Waals surface area (Å²) in [7, 11) is 2.03. The number of likely N-dealkylation sites (N-methyl/N-ethyl adjacent to an activating group) is 1. The molecule has 0 saturated carbocycles. The average molecular weight is 252 g/mol. The fourth-order valence-corrected chi connectivity index (χ4v) is 6.84. The summed E-state index contributed by atoms with van der Waals surface area (Å²) in [4.78, 5) is 2.09. The number of amidine groups is 1. The predicted octanol–water partition coefficient (Wildman–Crippen LogP) is 3.04. The molecule has 1 saturated heterocycles. The van der Waals surface area contributed by atoms with Gasteiger partial charge in [-0.2, -0.15) is 4.76 Å². The van der Waals surface area contributed by atoms with Gasteiger partial charge >= 0.3 is 0 Å². The normalized spacial score (nSPS) is 19.4. The van der Waals surface area contributed by atoms with Crippen molar-refractivity contribution in [3.05, 3.63) is 0 Å². The number of hydrogen-bond acceptors (Lipinski definition) is 4. The molecular weight excluding hydrogens is 235 g/mol. The summed E-state index contributed by atoms with van der Waals surface area (Å²) in [5.41, 5.74) is 0. The first-order valence-corrected chi connectivity index (χ1v) is 9.24. The van der Waals surface area contributed by atoms with Crippen LogP contribution in [0.15, 0.2) is 4.76 Å². The second-order valence-corrected chi connectivity index (χ2v) is 9.39. The quantitative estimate of drug-likeness (QED) is 0.702. The topological polar surface area (TPSA) is 24.8 Å². The predicted molar refractivity (Wildman–Crippen MR) is 69.2 cm³/mol. The summed E-state index contributed by atoms with van der Waals surface area (Å²) in [6.45, 7) is 5.76. The Bertz CT molecular complexity index is 198. The molecule has 1 fully saturated rings. The van der Waals surface area contributed by atoms with Crippen molar-refractivity contribution in [2.24, 2.45) is 4.76 Å². The van der Waals surface area contributed by atoms with E-state index in [1.807, 2.05) is 29.8 Å². The van der Waals surface area contributed by atoms with E-state index in [4.69, 9.17) is 4.74 Å². The van der Waals surface area contributed by atoms with Gasteiger partial charge in [0.1, 0.15) is 13.1 Å². The van der Waals surface area contributed by atoms with Gasteiger partial charge in [0.2, 0.25) is 0 Å². The summed E-state index contributed by atoms with van der Waals surface area (Å²) < 4.78 is 10.1. The highest BCUT2D eigenvalue weighted by molar-refractivity contribution is 8.87. The molecule has 0 spiro atoms. The van der Waals surface area contributed by atoms with Crippen molar-refractivity contribution in [1.29, 1.82) is 0 Å². The third kappa shape index (κ3) is 3.87. The molecule has 0 bridgehead atoms. The standard InChI is InChI=1S/C8H17N2OPS2/c1-4-13-12(14-5-2)9-8-10(3)6-7-11-8/h4-7H2,1-3H3. The molecule has 0 aromatic rings. The maximum atomic E-state index is 5.45. The molecule has 0 atom stereocenters. The van der Waals surface area contributed by atoms with Gasteiger partial charge in [-0.05, 0) is 11.5 Å². The van der Waals surface area contributed by atoms with Crippen LogP contribution in [0.1, 0.15) is 13.8 Å². The van der Waals surface area contributed by atoms with E-state index in [-0.39, 0.29) is 6.48 Å². The molecule has 3 nitrogen and oxygen atoms in total. The molecule has 0 aliphatic carbocycles. The molecule has 0 aromatic carbocycles. The Balaban J connectivity index is 2.50. The Kier molecular flexibility index (Phi) is 6.06. The lowest BCUT2D eigenvalue weighted by Gasteiger charge is -2.12. The molecule has 0 aromatic heterocycles. The maximum Gasteiger partial charge on any atom is 0.292 e. The lowest BCUT2D eigenvalue weighted by Crippen LogP contribution is -2.19. The summed E-state index contributed by atoms with van der Waals surface area (Å²) in [6, 6.07) is 0.831. The molecule has 0 N–H and O–H groups in total. The zero-order valence-electron chi connectivity index (χ0n) is 8.89. The molecular formula is C8H17N2OPS2. The Morgan fingerprint density at radius 1 is 1.43 bits per heavy atom.